The Labute approximate surface area is 113 Å². The number of morpholine rings is 1. The number of hydrogen-bond acceptors (Lipinski definition) is 5. The standard InChI is InChI=1S/C14H21NO4/c1-16-12-4-3-5-13(17-2)14(12)19-8-6-11-10-18-9-7-15-11/h3-5,11,15H,6-10H2,1-2H3. The lowest BCUT2D eigenvalue weighted by molar-refractivity contribution is 0.0688. The Kier molecular flexibility index (Phi) is 5.30. The summed E-state index contributed by atoms with van der Waals surface area (Å²) in [4.78, 5) is 0. The van der Waals surface area contributed by atoms with E-state index < -0.39 is 0 Å². The molecule has 1 heterocycles. The highest BCUT2D eigenvalue weighted by atomic mass is 16.5. The van der Waals surface area contributed by atoms with E-state index in [9.17, 15) is 0 Å². The van der Waals surface area contributed by atoms with Crippen molar-refractivity contribution in [2.75, 3.05) is 40.6 Å². The summed E-state index contributed by atoms with van der Waals surface area (Å²) >= 11 is 0. The molecule has 1 atom stereocenters. The minimum atomic E-state index is 0.356. The first-order valence-electron chi connectivity index (χ1n) is 6.50. The van der Waals surface area contributed by atoms with Gasteiger partial charge in [-0.1, -0.05) is 6.07 Å². The highest BCUT2D eigenvalue weighted by molar-refractivity contribution is 5.51. The first kappa shape index (κ1) is 14.0. The number of benzene rings is 1. The molecule has 1 fully saturated rings. The Morgan fingerprint density at radius 3 is 2.58 bits per heavy atom. The van der Waals surface area contributed by atoms with Crippen LogP contribution in [0, 0.1) is 0 Å². The lowest BCUT2D eigenvalue weighted by Crippen LogP contribution is -2.42. The monoisotopic (exact) mass is 267 g/mol. The van der Waals surface area contributed by atoms with Crippen molar-refractivity contribution in [3.8, 4) is 17.2 Å². The second kappa shape index (κ2) is 7.21. The van der Waals surface area contributed by atoms with Crippen LogP contribution in [0.25, 0.3) is 0 Å². The van der Waals surface area contributed by atoms with Crippen LogP contribution in [0.1, 0.15) is 6.42 Å². The molecule has 0 aromatic heterocycles. The minimum Gasteiger partial charge on any atom is -0.493 e. The highest BCUT2D eigenvalue weighted by Gasteiger charge is 2.15. The second-order valence-electron chi connectivity index (χ2n) is 4.35. The molecule has 1 N–H and O–H groups in total. The summed E-state index contributed by atoms with van der Waals surface area (Å²) in [6.07, 6.45) is 0.890. The van der Waals surface area contributed by atoms with Gasteiger partial charge in [0.15, 0.2) is 11.5 Å². The Balaban J connectivity index is 1.90. The summed E-state index contributed by atoms with van der Waals surface area (Å²) in [6.45, 7) is 3.03. The van der Waals surface area contributed by atoms with E-state index in [1.165, 1.54) is 0 Å². The van der Waals surface area contributed by atoms with Crippen LogP contribution >= 0.6 is 0 Å². The van der Waals surface area contributed by atoms with Gasteiger partial charge in [-0.05, 0) is 18.6 Å². The van der Waals surface area contributed by atoms with Gasteiger partial charge in [0.25, 0.3) is 0 Å². The van der Waals surface area contributed by atoms with Crippen molar-refractivity contribution in [3.05, 3.63) is 18.2 Å². The number of hydrogen-bond donors (Lipinski definition) is 1. The molecule has 1 saturated heterocycles. The van der Waals surface area contributed by atoms with Gasteiger partial charge >= 0.3 is 0 Å². The van der Waals surface area contributed by atoms with Crippen molar-refractivity contribution in [3.63, 3.8) is 0 Å². The molecule has 0 saturated carbocycles. The van der Waals surface area contributed by atoms with Gasteiger partial charge in [-0.3, -0.25) is 0 Å². The van der Waals surface area contributed by atoms with E-state index in [1.54, 1.807) is 14.2 Å². The molecule has 106 valence electrons. The quantitative estimate of drug-likeness (QED) is 0.845. The van der Waals surface area contributed by atoms with Crippen molar-refractivity contribution in [2.45, 2.75) is 12.5 Å². The number of rotatable bonds is 6. The van der Waals surface area contributed by atoms with Crippen LogP contribution in [0.5, 0.6) is 17.2 Å². The Morgan fingerprint density at radius 2 is 2.00 bits per heavy atom. The minimum absolute atomic E-state index is 0.356. The van der Waals surface area contributed by atoms with Crippen molar-refractivity contribution in [1.29, 1.82) is 0 Å². The van der Waals surface area contributed by atoms with E-state index in [0.29, 0.717) is 29.9 Å². The van der Waals surface area contributed by atoms with Crippen molar-refractivity contribution in [1.82, 2.24) is 5.32 Å². The zero-order chi connectivity index (χ0) is 13.5. The van der Waals surface area contributed by atoms with Crippen LogP contribution in [0.2, 0.25) is 0 Å². The number of nitrogens with one attached hydrogen (secondary N) is 1. The molecule has 0 aliphatic carbocycles. The van der Waals surface area contributed by atoms with Crippen molar-refractivity contribution >= 4 is 0 Å². The van der Waals surface area contributed by atoms with E-state index in [4.69, 9.17) is 18.9 Å². The smallest absolute Gasteiger partial charge is 0.203 e. The van der Waals surface area contributed by atoms with Crippen molar-refractivity contribution < 1.29 is 18.9 Å². The van der Waals surface area contributed by atoms with E-state index in [2.05, 4.69) is 5.32 Å². The highest BCUT2D eigenvalue weighted by Crippen LogP contribution is 2.36. The first-order chi connectivity index (χ1) is 9.35. The third kappa shape index (κ3) is 3.75. The lowest BCUT2D eigenvalue weighted by Gasteiger charge is -2.24. The zero-order valence-electron chi connectivity index (χ0n) is 11.5. The third-order valence-electron chi connectivity index (χ3n) is 3.09. The largest absolute Gasteiger partial charge is 0.493 e. The van der Waals surface area contributed by atoms with Crippen LogP contribution in [0.15, 0.2) is 18.2 Å². The van der Waals surface area contributed by atoms with Gasteiger partial charge in [-0.15, -0.1) is 0 Å². The maximum absolute atomic E-state index is 5.81. The van der Waals surface area contributed by atoms with Crippen LogP contribution in [-0.4, -0.2) is 46.6 Å². The molecule has 1 aromatic carbocycles. The normalized spacial score (nSPS) is 18.9. The summed E-state index contributed by atoms with van der Waals surface area (Å²) in [6, 6.07) is 5.95. The molecule has 0 radical (unpaired) electrons. The third-order valence-corrected chi connectivity index (χ3v) is 3.09. The fourth-order valence-electron chi connectivity index (χ4n) is 2.07. The van der Waals surface area contributed by atoms with Gasteiger partial charge in [0.1, 0.15) is 0 Å². The summed E-state index contributed by atoms with van der Waals surface area (Å²) in [5.74, 6) is 2.03. The molecule has 5 nitrogen and oxygen atoms in total. The van der Waals surface area contributed by atoms with Crippen LogP contribution in [-0.2, 0) is 4.74 Å². The molecule has 5 heteroatoms. The SMILES string of the molecule is COc1cccc(OC)c1OCCC1COCCN1. The van der Waals surface area contributed by atoms with Crippen LogP contribution in [0.4, 0.5) is 0 Å². The molecular formula is C14H21NO4. The molecule has 1 aliphatic heterocycles. The molecule has 0 bridgehead atoms. The number of methoxy groups -OCH3 is 2. The Bertz CT molecular complexity index is 369. The van der Waals surface area contributed by atoms with Gasteiger partial charge in [-0.25, -0.2) is 0 Å². The van der Waals surface area contributed by atoms with E-state index in [0.717, 1.165) is 26.2 Å². The fourth-order valence-corrected chi connectivity index (χ4v) is 2.07. The fraction of sp³-hybridized carbons (Fsp3) is 0.571. The predicted molar refractivity (Wildman–Crippen MR) is 72.3 cm³/mol. The molecule has 1 aromatic rings. The Hall–Kier alpha value is -1.46. The molecule has 1 aliphatic rings. The van der Waals surface area contributed by atoms with Gasteiger partial charge in [0.2, 0.25) is 5.75 Å². The van der Waals surface area contributed by atoms with Crippen molar-refractivity contribution in [2.24, 2.45) is 0 Å². The van der Waals surface area contributed by atoms with E-state index in [-0.39, 0.29) is 0 Å². The second-order valence-corrected chi connectivity index (χ2v) is 4.35. The van der Waals surface area contributed by atoms with Crippen LogP contribution < -0.4 is 19.5 Å². The van der Waals surface area contributed by atoms with Gasteiger partial charge < -0.3 is 24.3 Å². The van der Waals surface area contributed by atoms with E-state index in [1.807, 2.05) is 18.2 Å². The number of para-hydroxylation sites is 1. The topological polar surface area (TPSA) is 49.0 Å². The summed E-state index contributed by atoms with van der Waals surface area (Å²) in [7, 11) is 3.25. The zero-order valence-corrected chi connectivity index (χ0v) is 11.5. The molecule has 2 rings (SSSR count). The molecule has 0 amide bonds. The average molecular weight is 267 g/mol. The number of ether oxygens (including phenoxy) is 4. The summed E-state index contributed by atoms with van der Waals surface area (Å²) in [5, 5.41) is 3.40. The summed E-state index contributed by atoms with van der Waals surface area (Å²) in [5.41, 5.74) is 0. The Morgan fingerprint density at radius 1 is 1.26 bits per heavy atom. The maximum Gasteiger partial charge on any atom is 0.203 e. The van der Waals surface area contributed by atoms with Gasteiger partial charge in [0.05, 0.1) is 34.0 Å². The average Bonchev–Trinajstić information content (AvgIpc) is 2.48. The predicted octanol–water partition coefficient (Wildman–Crippen LogP) is 1.46. The van der Waals surface area contributed by atoms with Crippen LogP contribution in [0.3, 0.4) is 0 Å². The molecule has 1 unspecified atom stereocenters. The van der Waals surface area contributed by atoms with Gasteiger partial charge in [-0.2, -0.15) is 0 Å². The molecule has 19 heavy (non-hydrogen) atoms. The molecule has 0 spiro atoms. The van der Waals surface area contributed by atoms with Gasteiger partial charge in [0, 0.05) is 12.6 Å². The summed E-state index contributed by atoms with van der Waals surface area (Å²) < 4.78 is 21.8. The first-order valence-corrected chi connectivity index (χ1v) is 6.50. The lowest BCUT2D eigenvalue weighted by atomic mass is 10.2. The molecular weight excluding hydrogens is 246 g/mol. The maximum atomic E-state index is 5.81. The van der Waals surface area contributed by atoms with E-state index >= 15 is 0 Å².